The van der Waals surface area contributed by atoms with Crippen LogP contribution in [0, 0.1) is 0 Å². The first-order valence-corrected chi connectivity index (χ1v) is 5.90. The highest BCUT2D eigenvalue weighted by Gasteiger charge is 2.10. The van der Waals surface area contributed by atoms with E-state index in [2.05, 4.69) is 5.32 Å². The molecule has 5 heteroatoms. The Kier molecular flexibility index (Phi) is 5.25. The smallest absolute Gasteiger partial charge is 0.253 e. The van der Waals surface area contributed by atoms with Crippen molar-refractivity contribution in [3.05, 3.63) is 28.8 Å². The molecule has 1 aromatic carbocycles. The lowest BCUT2D eigenvalue weighted by molar-refractivity contribution is 0.0950. The van der Waals surface area contributed by atoms with Gasteiger partial charge in [-0.15, -0.1) is 0 Å². The van der Waals surface area contributed by atoms with Crippen LogP contribution in [0.25, 0.3) is 0 Å². The Morgan fingerprint density at radius 3 is 2.94 bits per heavy atom. The van der Waals surface area contributed by atoms with Crippen molar-refractivity contribution in [3.63, 3.8) is 0 Å². The van der Waals surface area contributed by atoms with E-state index >= 15 is 0 Å². The molecule has 1 rings (SSSR count). The Bertz CT molecular complexity index is 394. The standard InChI is InChI=1S/C12H17ClN2O2/c1-8(16)4-3-7-15-12(17)9-5-2-6-10(13)11(9)14/h2,5-6,8,16H,3-4,7,14H2,1H3,(H,15,17). The second kappa shape index (κ2) is 6.47. The number of hydrogen-bond acceptors (Lipinski definition) is 3. The third kappa shape index (κ3) is 4.24. The molecule has 17 heavy (non-hydrogen) atoms. The Hall–Kier alpha value is -1.26. The molecule has 0 heterocycles. The van der Waals surface area contributed by atoms with E-state index in [0.717, 1.165) is 6.42 Å². The van der Waals surface area contributed by atoms with Gasteiger partial charge in [-0.25, -0.2) is 0 Å². The summed E-state index contributed by atoms with van der Waals surface area (Å²) in [4.78, 5) is 11.8. The predicted octanol–water partition coefficient (Wildman–Crippen LogP) is 1.81. The highest BCUT2D eigenvalue weighted by Crippen LogP contribution is 2.22. The average molecular weight is 257 g/mol. The van der Waals surface area contributed by atoms with E-state index in [4.69, 9.17) is 22.4 Å². The minimum Gasteiger partial charge on any atom is -0.397 e. The fraction of sp³-hybridized carbons (Fsp3) is 0.417. The van der Waals surface area contributed by atoms with Gasteiger partial charge in [-0.05, 0) is 31.9 Å². The Morgan fingerprint density at radius 1 is 1.59 bits per heavy atom. The minimum absolute atomic E-state index is 0.240. The quantitative estimate of drug-likeness (QED) is 0.556. The number of amides is 1. The Labute approximate surface area is 106 Å². The number of carbonyl (C=O) groups excluding carboxylic acids is 1. The first kappa shape index (κ1) is 13.8. The number of benzene rings is 1. The number of carbonyl (C=O) groups is 1. The van der Waals surface area contributed by atoms with Gasteiger partial charge in [0.15, 0.2) is 0 Å². The van der Waals surface area contributed by atoms with Gasteiger partial charge in [0.2, 0.25) is 0 Å². The van der Waals surface area contributed by atoms with Crippen molar-refractivity contribution in [2.75, 3.05) is 12.3 Å². The summed E-state index contributed by atoms with van der Waals surface area (Å²) in [5, 5.41) is 12.2. The zero-order valence-electron chi connectivity index (χ0n) is 9.74. The number of aliphatic hydroxyl groups excluding tert-OH is 1. The molecule has 0 spiro atoms. The lowest BCUT2D eigenvalue weighted by Gasteiger charge is -2.09. The molecule has 0 saturated carbocycles. The number of halogens is 1. The molecule has 1 amide bonds. The number of nitrogens with one attached hydrogen (secondary N) is 1. The SMILES string of the molecule is CC(O)CCCNC(=O)c1cccc(Cl)c1N. The van der Waals surface area contributed by atoms with Gasteiger partial charge in [0, 0.05) is 6.54 Å². The third-order valence-corrected chi connectivity index (χ3v) is 2.71. The average Bonchev–Trinajstić information content (AvgIpc) is 2.27. The summed E-state index contributed by atoms with van der Waals surface area (Å²) in [5.74, 6) is -0.240. The van der Waals surface area contributed by atoms with E-state index in [9.17, 15) is 4.79 Å². The molecule has 4 nitrogen and oxygen atoms in total. The van der Waals surface area contributed by atoms with Crippen LogP contribution in [0.2, 0.25) is 5.02 Å². The first-order chi connectivity index (χ1) is 8.02. The number of nitrogens with two attached hydrogens (primary N) is 1. The van der Waals surface area contributed by atoms with Crippen LogP contribution in [0.5, 0.6) is 0 Å². The molecule has 0 fully saturated rings. The summed E-state index contributed by atoms with van der Waals surface area (Å²) in [7, 11) is 0. The number of nitrogen functional groups attached to an aromatic ring is 1. The van der Waals surface area contributed by atoms with Gasteiger partial charge in [0.05, 0.1) is 22.4 Å². The summed E-state index contributed by atoms with van der Waals surface area (Å²) in [6, 6.07) is 4.95. The van der Waals surface area contributed by atoms with Crippen molar-refractivity contribution in [3.8, 4) is 0 Å². The second-order valence-corrected chi connectivity index (χ2v) is 4.36. The van der Waals surface area contributed by atoms with Crippen molar-refractivity contribution in [1.29, 1.82) is 0 Å². The maximum absolute atomic E-state index is 11.8. The van der Waals surface area contributed by atoms with Crippen molar-refractivity contribution in [2.45, 2.75) is 25.9 Å². The molecule has 1 aromatic rings. The molecule has 0 radical (unpaired) electrons. The number of rotatable bonds is 5. The lowest BCUT2D eigenvalue weighted by Crippen LogP contribution is -2.25. The van der Waals surface area contributed by atoms with Crippen LogP contribution in [0.1, 0.15) is 30.1 Å². The first-order valence-electron chi connectivity index (χ1n) is 5.52. The van der Waals surface area contributed by atoms with Crippen LogP contribution in [0.4, 0.5) is 5.69 Å². The monoisotopic (exact) mass is 256 g/mol. The normalized spacial score (nSPS) is 12.2. The van der Waals surface area contributed by atoms with Gasteiger partial charge < -0.3 is 16.2 Å². The highest BCUT2D eigenvalue weighted by molar-refractivity contribution is 6.33. The molecule has 0 bridgehead atoms. The van der Waals surface area contributed by atoms with Crippen LogP contribution < -0.4 is 11.1 Å². The molecule has 0 aliphatic carbocycles. The summed E-state index contributed by atoms with van der Waals surface area (Å²) in [5.41, 5.74) is 6.38. The number of para-hydroxylation sites is 1. The van der Waals surface area contributed by atoms with E-state index in [-0.39, 0.29) is 12.0 Å². The van der Waals surface area contributed by atoms with E-state index in [1.165, 1.54) is 0 Å². The molecule has 0 aliphatic heterocycles. The number of aliphatic hydroxyl groups is 1. The van der Waals surface area contributed by atoms with Gasteiger partial charge in [0.1, 0.15) is 0 Å². The fourth-order valence-corrected chi connectivity index (χ4v) is 1.60. The Morgan fingerprint density at radius 2 is 2.29 bits per heavy atom. The van der Waals surface area contributed by atoms with Gasteiger partial charge in [-0.3, -0.25) is 4.79 Å². The van der Waals surface area contributed by atoms with E-state index in [1.807, 2.05) is 0 Å². The summed E-state index contributed by atoms with van der Waals surface area (Å²) < 4.78 is 0. The summed E-state index contributed by atoms with van der Waals surface area (Å²) >= 11 is 5.82. The summed E-state index contributed by atoms with van der Waals surface area (Å²) in [6.07, 6.45) is 1.04. The van der Waals surface area contributed by atoms with E-state index in [0.29, 0.717) is 29.2 Å². The van der Waals surface area contributed by atoms with E-state index < -0.39 is 0 Å². The molecule has 0 aromatic heterocycles. The molecule has 0 saturated heterocycles. The van der Waals surface area contributed by atoms with Gasteiger partial charge >= 0.3 is 0 Å². The molecule has 0 aliphatic rings. The maximum atomic E-state index is 11.8. The fourth-order valence-electron chi connectivity index (χ4n) is 1.43. The number of anilines is 1. The molecular formula is C12H17ClN2O2. The van der Waals surface area contributed by atoms with Crippen LogP contribution in [0.15, 0.2) is 18.2 Å². The second-order valence-electron chi connectivity index (χ2n) is 3.95. The molecular weight excluding hydrogens is 240 g/mol. The number of hydrogen-bond donors (Lipinski definition) is 3. The molecule has 1 unspecified atom stereocenters. The van der Waals surface area contributed by atoms with Crippen LogP contribution in [0.3, 0.4) is 0 Å². The van der Waals surface area contributed by atoms with Crippen LogP contribution in [-0.4, -0.2) is 23.7 Å². The Balaban J connectivity index is 2.50. The van der Waals surface area contributed by atoms with Crippen molar-refractivity contribution >= 4 is 23.2 Å². The maximum Gasteiger partial charge on any atom is 0.253 e. The lowest BCUT2D eigenvalue weighted by atomic mass is 10.1. The van der Waals surface area contributed by atoms with E-state index in [1.54, 1.807) is 25.1 Å². The van der Waals surface area contributed by atoms with Crippen LogP contribution >= 0.6 is 11.6 Å². The van der Waals surface area contributed by atoms with Gasteiger partial charge in [-0.1, -0.05) is 17.7 Å². The molecule has 94 valence electrons. The van der Waals surface area contributed by atoms with Gasteiger partial charge in [-0.2, -0.15) is 0 Å². The summed E-state index contributed by atoms with van der Waals surface area (Å²) in [6.45, 7) is 2.23. The zero-order chi connectivity index (χ0) is 12.8. The van der Waals surface area contributed by atoms with Gasteiger partial charge in [0.25, 0.3) is 5.91 Å². The third-order valence-electron chi connectivity index (χ3n) is 2.38. The largest absolute Gasteiger partial charge is 0.397 e. The topological polar surface area (TPSA) is 75.3 Å². The van der Waals surface area contributed by atoms with Crippen molar-refractivity contribution in [1.82, 2.24) is 5.32 Å². The molecule has 1 atom stereocenters. The molecule has 4 N–H and O–H groups in total. The predicted molar refractivity (Wildman–Crippen MR) is 69.1 cm³/mol. The zero-order valence-corrected chi connectivity index (χ0v) is 10.5. The van der Waals surface area contributed by atoms with Crippen LogP contribution in [-0.2, 0) is 0 Å². The van der Waals surface area contributed by atoms with Crippen molar-refractivity contribution < 1.29 is 9.90 Å². The minimum atomic E-state index is -0.344. The van der Waals surface area contributed by atoms with Crippen molar-refractivity contribution in [2.24, 2.45) is 0 Å². The highest BCUT2D eigenvalue weighted by atomic mass is 35.5.